The molecule has 0 saturated heterocycles. The fraction of sp³-hybridized carbons (Fsp3) is 0. The quantitative estimate of drug-likeness (QED) is 0.683. The minimum atomic E-state index is -0.451. The smallest absolute Gasteiger partial charge is 0.274 e. The molecule has 6 nitrogen and oxygen atoms in total. The maximum Gasteiger partial charge on any atom is 0.274 e. The Morgan fingerprint density at radius 2 is 1.88 bits per heavy atom. The van der Waals surface area contributed by atoms with Gasteiger partial charge in [0, 0.05) is 11.2 Å². The molecule has 0 aliphatic rings. The van der Waals surface area contributed by atoms with Gasteiger partial charge in [0.2, 0.25) is 5.95 Å². The van der Waals surface area contributed by atoms with Crippen molar-refractivity contribution < 1.29 is 4.79 Å². The molecular formula is C18H11Cl2N5O. The van der Waals surface area contributed by atoms with Crippen LogP contribution in [-0.4, -0.2) is 15.9 Å². The van der Waals surface area contributed by atoms with Gasteiger partial charge in [-0.15, -0.1) is 0 Å². The van der Waals surface area contributed by atoms with Gasteiger partial charge >= 0.3 is 0 Å². The summed E-state index contributed by atoms with van der Waals surface area (Å²) in [5.74, 6) is -0.254. The number of halogens is 2. The van der Waals surface area contributed by atoms with E-state index in [0.29, 0.717) is 27.0 Å². The molecule has 0 saturated carbocycles. The van der Waals surface area contributed by atoms with E-state index in [-0.39, 0.29) is 11.6 Å². The summed E-state index contributed by atoms with van der Waals surface area (Å²) in [5, 5.41) is 15.5. The van der Waals surface area contributed by atoms with Crippen LogP contribution in [0, 0.1) is 11.3 Å². The molecule has 0 aliphatic heterocycles. The molecule has 0 radical (unpaired) electrons. The first-order chi connectivity index (χ1) is 12.6. The van der Waals surface area contributed by atoms with Gasteiger partial charge in [-0.2, -0.15) is 5.26 Å². The van der Waals surface area contributed by atoms with Crippen LogP contribution in [0.3, 0.4) is 0 Å². The van der Waals surface area contributed by atoms with Crippen LogP contribution in [0.4, 0.5) is 17.3 Å². The van der Waals surface area contributed by atoms with Gasteiger partial charge in [0.25, 0.3) is 5.91 Å². The molecule has 0 aliphatic carbocycles. The van der Waals surface area contributed by atoms with Gasteiger partial charge in [-0.1, -0.05) is 35.3 Å². The summed E-state index contributed by atoms with van der Waals surface area (Å²) < 4.78 is 0. The number of benzene rings is 2. The van der Waals surface area contributed by atoms with Gasteiger partial charge in [0.05, 0.1) is 22.0 Å². The van der Waals surface area contributed by atoms with Gasteiger partial charge in [-0.25, -0.2) is 9.97 Å². The molecule has 3 rings (SSSR count). The molecule has 26 heavy (non-hydrogen) atoms. The molecule has 2 aromatic carbocycles. The molecule has 3 aromatic rings. The molecule has 0 atom stereocenters. The average Bonchev–Trinajstić information content (AvgIpc) is 2.64. The average molecular weight is 384 g/mol. The van der Waals surface area contributed by atoms with E-state index in [1.165, 1.54) is 18.3 Å². The number of carbonyl (C=O) groups excluding carboxylic acids is 1. The van der Waals surface area contributed by atoms with E-state index >= 15 is 0 Å². The lowest BCUT2D eigenvalue weighted by Gasteiger charge is -2.09. The van der Waals surface area contributed by atoms with Gasteiger partial charge < -0.3 is 10.6 Å². The number of rotatable bonds is 4. The Bertz CT molecular complexity index is 1020. The van der Waals surface area contributed by atoms with Crippen LogP contribution < -0.4 is 10.6 Å². The summed E-state index contributed by atoms with van der Waals surface area (Å²) in [5.41, 5.74) is 1.55. The minimum absolute atomic E-state index is 0.142. The maximum atomic E-state index is 12.4. The molecule has 2 N–H and O–H groups in total. The van der Waals surface area contributed by atoms with E-state index in [0.717, 1.165) is 0 Å². The largest absolute Gasteiger partial charge is 0.323 e. The highest BCUT2D eigenvalue weighted by molar-refractivity contribution is 6.36. The molecule has 1 amide bonds. The summed E-state index contributed by atoms with van der Waals surface area (Å²) in [6.07, 6.45) is 1.45. The van der Waals surface area contributed by atoms with Crippen molar-refractivity contribution in [3.05, 3.63) is 76.0 Å². The molecular weight excluding hydrogens is 373 g/mol. The lowest BCUT2D eigenvalue weighted by molar-refractivity contribution is 0.102. The molecule has 1 aromatic heterocycles. The van der Waals surface area contributed by atoms with E-state index in [1.54, 1.807) is 36.4 Å². The lowest BCUT2D eigenvalue weighted by Crippen LogP contribution is -2.15. The topological polar surface area (TPSA) is 90.7 Å². The Morgan fingerprint density at radius 3 is 2.65 bits per heavy atom. The zero-order valence-corrected chi connectivity index (χ0v) is 14.7. The van der Waals surface area contributed by atoms with Gasteiger partial charge in [0.15, 0.2) is 0 Å². The van der Waals surface area contributed by atoms with Crippen LogP contribution in [-0.2, 0) is 0 Å². The third-order valence-corrected chi connectivity index (χ3v) is 3.91. The Hall–Kier alpha value is -3.14. The first kappa shape index (κ1) is 17.7. The predicted molar refractivity (Wildman–Crippen MR) is 101 cm³/mol. The fourth-order valence-corrected chi connectivity index (χ4v) is 2.59. The van der Waals surface area contributed by atoms with E-state index in [2.05, 4.69) is 26.7 Å². The van der Waals surface area contributed by atoms with Crippen LogP contribution in [0.2, 0.25) is 10.0 Å². The second-order valence-corrected chi connectivity index (χ2v) is 5.97. The lowest BCUT2D eigenvalue weighted by atomic mass is 10.2. The summed E-state index contributed by atoms with van der Waals surface area (Å²) in [4.78, 5) is 20.7. The number of hydrogen-bond acceptors (Lipinski definition) is 5. The van der Waals surface area contributed by atoms with E-state index in [4.69, 9.17) is 28.5 Å². The SMILES string of the molecule is N#Cc1ccccc1Nc1nccc(C(=O)Nc2ccc(Cl)cc2Cl)n1. The number of hydrogen-bond donors (Lipinski definition) is 2. The number of anilines is 3. The molecule has 1 heterocycles. The van der Waals surface area contributed by atoms with Crippen LogP contribution in [0.1, 0.15) is 16.1 Å². The molecule has 128 valence electrons. The molecule has 8 heteroatoms. The Balaban J connectivity index is 1.80. The monoisotopic (exact) mass is 383 g/mol. The summed E-state index contributed by atoms with van der Waals surface area (Å²) in [7, 11) is 0. The third-order valence-electron chi connectivity index (χ3n) is 3.36. The van der Waals surface area contributed by atoms with Gasteiger partial charge in [-0.05, 0) is 36.4 Å². The number of nitriles is 1. The predicted octanol–water partition coefficient (Wildman–Crippen LogP) is 4.65. The van der Waals surface area contributed by atoms with Crippen molar-refractivity contribution in [3.63, 3.8) is 0 Å². The van der Waals surface area contributed by atoms with Crippen molar-refractivity contribution in [2.45, 2.75) is 0 Å². The van der Waals surface area contributed by atoms with Gasteiger partial charge in [-0.3, -0.25) is 4.79 Å². The van der Waals surface area contributed by atoms with Crippen molar-refractivity contribution >= 4 is 46.4 Å². The second kappa shape index (κ2) is 7.83. The standard InChI is InChI=1S/C18H11Cl2N5O/c19-12-5-6-15(13(20)9-12)23-17(26)16-7-8-22-18(25-16)24-14-4-2-1-3-11(14)10-21/h1-9H,(H,23,26)(H,22,24,25). The Kier molecular flexibility index (Phi) is 5.32. The van der Waals surface area contributed by atoms with Crippen molar-refractivity contribution in [2.75, 3.05) is 10.6 Å². The van der Waals surface area contributed by atoms with Crippen LogP contribution >= 0.6 is 23.2 Å². The molecule has 0 spiro atoms. The van der Waals surface area contributed by atoms with Crippen LogP contribution in [0.25, 0.3) is 0 Å². The normalized spacial score (nSPS) is 10.0. The van der Waals surface area contributed by atoms with Crippen molar-refractivity contribution in [2.24, 2.45) is 0 Å². The highest BCUT2D eigenvalue weighted by Crippen LogP contribution is 2.25. The highest BCUT2D eigenvalue weighted by atomic mass is 35.5. The van der Waals surface area contributed by atoms with Crippen LogP contribution in [0.15, 0.2) is 54.7 Å². The van der Waals surface area contributed by atoms with E-state index < -0.39 is 5.91 Å². The number of carbonyl (C=O) groups is 1. The van der Waals surface area contributed by atoms with Crippen molar-refractivity contribution in [3.8, 4) is 6.07 Å². The summed E-state index contributed by atoms with van der Waals surface area (Å²) in [6.45, 7) is 0. The fourth-order valence-electron chi connectivity index (χ4n) is 2.13. The molecule has 0 bridgehead atoms. The minimum Gasteiger partial charge on any atom is -0.323 e. The van der Waals surface area contributed by atoms with Crippen molar-refractivity contribution in [1.29, 1.82) is 5.26 Å². The Morgan fingerprint density at radius 1 is 1.08 bits per heavy atom. The van der Waals surface area contributed by atoms with Crippen LogP contribution in [0.5, 0.6) is 0 Å². The first-order valence-corrected chi connectivity index (χ1v) is 8.18. The zero-order chi connectivity index (χ0) is 18.5. The Labute approximate surface area is 159 Å². The second-order valence-electron chi connectivity index (χ2n) is 5.13. The number of nitrogens with one attached hydrogen (secondary N) is 2. The number of aromatic nitrogens is 2. The number of amides is 1. The highest BCUT2D eigenvalue weighted by Gasteiger charge is 2.12. The molecule has 0 unspecified atom stereocenters. The number of nitrogens with zero attached hydrogens (tertiary/aromatic N) is 3. The summed E-state index contributed by atoms with van der Waals surface area (Å²) in [6, 6.07) is 15.2. The maximum absolute atomic E-state index is 12.4. The van der Waals surface area contributed by atoms with Gasteiger partial charge in [0.1, 0.15) is 11.8 Å². The van der Waals surface area contributed by atoms with E-state index in [9.17, 15) is 4.79 Å². The zero-order valence-electron chi connectivity index (χ0n) is 13.2. The number of para-hydroxylation sites is 1. The van der Waals surface area contributed by atoms with Crippen molar-refractivity contribution in [1.82, 2.24) is 9.97 Å². The van der Waals surface area contributed by atoms with E-state index in [1.807, 2.05) is 0 Å². The summed E-state index contributed by atoms with van der Waals surface area (Å²) >= 11 is 11.9. The first-order valence-electron chi connectivity index (χ1n) is 7.42. The molecule has 0 fully saturated rings. The third kappa shape index (κ3) is 4.09.